The number of benzene rings is 1. The molecule has 0 radical (unpaired) electrons. The van der Waals surface area contributed by atoms with Gasteiger partial charge in [-0.1, -0.05) is 0 Å². The number of fused-ring (bicyclic) bond motifs is 1. The molecule has 4 rings (SSSR count). The van der Waals surface area contributed by atoms with Crippen LogP contribution in [0.5, 0.6) is 11.5 Å². The number of carbonyl (C=O) groups excluding carboxylic acids is 1. The topological polar surface area (TPSA) is 51.7 Å². The Balaban J connectivity index is 1.31. The molecule has 1 aromatic carbocycles. The predicted octanol–water partition coefficient (Wildman–Crippen LogP) is 3.53. The maximum Gasteiger partial charge on any atom is 0.223 e. The second kappa shape index (κ2) is 7.99. The Morgan fingerprint density at radius 3 is 2.65 bits per heavy atom. The minimum absolute atomic E-state index is 0.231. The third kappa shape index (κ3) is 4.30. The smallest absolute Gasteiger partial charge is 0.223 e. The van der Waals surface area contributed by atoms with E-state index in [0.29, 0.717) is 32.2 Å². The fourth-order valence-electron chi connectivity index (χ4n) is 3.01. The normalized spacial score (nSPS) is 15.5. The van der Waals surface area contributed by atoms with Crippen molar-refractivity contribution in [3.8, 4) is 11.5 Å². The number of amides is 1. The highest BCUT2D eigenvalue weighted by molar-refractivity contribution is 7.99. The van der Waals surface area contributed by atoms with E-state index in [1.54, 1.807) is 24.2 Å². The van der Waals surface area contributed by atoms with Crippen molar-refractivity contribution in [1.82, 2.24) is 9.88 Å². The maximum atomic E-state index is 12.7. The number of nitrogens with zero attached hydrogens (tertiary/aromatic N) is 2. The van der Waals surface area contributed by atoms with Crippen LogP contribution in [0.25, 0.3) is 0 Å². The lowest BCUT2D eigenvalue weighted by Gasteiger charge is -2.22. The Kier molecular flexibility index (Phi) is 5.29. The average Bonchev–Trinajstić information content (AvgIpc) is 3.52. The first-order valence-electron chi connectivity index (χ1n) is 9.00. The highest BCUT2D eigenvalue weighted by Gasteiger charge is 2.32. The Morgan fingerprint density at radius 2 is 1.88 bits per heavy atom. The van der Waals surface area contributed by atoms with Gasteiger partial charge in [0.25, 0.3) is 0 Å². The number of thioether (sulfide) groups is 1. The zero-order chi connectivity index (χ0) is 17.8. The minimum Gasteiger partial charge on any atom is -0.486 e. The fraction of sp³-hybridized carbons (Fsp3) is 0.400. The van der Waals surface area contributed by atoms with Crippen LogP contribution in [-0.2, 0) is 11.3 Å². The van der Waals surface area contributed by atoms with E-state index in [0.717, 1.165) is 40.6 Å². The van der Waals surface area contributed by atoms with Crippen molar-refractivity contribution < 1.29 is 14.3 Å². The summed E-state index contributed by atoms with van der Waals surface area (Å²) in [5.41, 5.74) is 1.14. The average molecular weight is 370 g/mol. The Morgan fingerprint density at radius 1 is 1.12 bits per heavy atom. The molecule has 26 heavy (non-hydrogen) atoms. The van der Waals surface area contributed by atoms with Gasteiger partial charge in [0.05, 0.1) is 0 Å². The van der Waals surface area contributed by atoms with Crippen LogP contribution in [0.3, 0.4) is 0 Å². The molecule has 5 nitrogen and oxygen atoms in total. The SMILES string of the molecule is O=C(CCSc1ccc2c(c1)OCCO2)N(Cc1ccncc1)C1CC1. The second-order valence-electron chi connectivity index (χ2n) is 6.51. The fourth-order valence-corrected chi connectivity index (χ4v) is 3.87. The lowest BCUT2D eigenvalue weighted by atomic mass is 10.2. The van der Waals surface area contributed by atoms with E-state index in [1.807, 2.05) is 35.2 Å². The van der Waals surface area contributed by atoms with Crippen molar-refractivity contribution in [2.24, 2.45) is 0 Å². The summed E-state index contributed by atoms with van der Waals surface area (Å²) in [5.74, 6) is 2.59. The van der Waals surface area contributed by atoms with Gasteiger partial charge in [-0.15, -0.1) is 11.8 Å². The van der Waals surface area contributed by atoms with Gasteiger partial charge in [0, 0.05) is 42.0 Å². The summed E-state index contributed by atoms with van der Waals surface area (Å²) in [6.45, 7) is 1.87. The molecule has 2 aromatic rings. The summed E-state index contributed by atoms with van der Waals surface area (Å²) in [7, 11) is 0. The van der Waals surface area contributed by atoms with Crippen molar-refractivity contribution in [3.05, 3.63) is 48.3 Å². The summed E-state index contributed by atoms with van der Waals surface area (Å²) >= 11 is 1.68. The van der Waals surface area contributed by atoms with Crippen molar-refractivity contribution in [2.45, 2.75) is 36.7 Å². The monoisotopic (exact) mass is 370 g/mol. The standard InChI is InChI=1S/C20H22N2O3S/c23-20(22(16-1-2-16)14-15-5-8-21-9-6-15)7-12-26-17-3-4-18-19(13-17)25-11-10-24-18/h3-6,8-9,13,16H,1-2,7,10-12,14H2. The lowest BCUT2D eigenvalue weighted by molar-refractivity contribution is -0.131. The zero-order valence-corrected chi connectivity index (χ0v) is 15.4. The van der Waals surface area contributed by atoms with Crippen LogP contribution in [0, 0.1) is 0 Å². The van der Waals surface area contributed by atoms with Crippen LogP contribution in [0.1, 0.15) is 24.8 Å². The van der Waals surface area contributed by atoms with E-state index < -0.39 is 0 Å². The van der Waals surface area contributed by atoms with E-state index in [-0.39, 0.29) is 5.91 Å². The van der Waals surface area contributed by atoms with Crippen LogP contribution in [0.4, 0.5) is 0 Å². The van der Waals surface area contributed by atoms with Gasteiger partial charge < -0.3 is 14.4 Å². The minimum atomic E-state index is 0.231. The Labute approximate surface area is 157 Å². The lowest BCUT2D eigenvalue weighted by Crippen LogP contribution is -2.32. The summed E-state index contributed by atoms with van der Waals surface area (Å²) in [5, 5.41) is 0. The van der Waals surface area contributed by atoms with Crippen molar-refractivity contribution in [3.63, 3.8) is 0 Å². The number of carbonyl (C=O) groups is 1. The molecule has 1 aromatic heterocycles. The molecule has 2 heterocycles. The van der Waals surface area contributed by atoms with Gasteiger partial charge in [0.15, 0.2) is 11.5 Å². The van der Waals surface area contributed by atoms with Crippen LogP contribution in [0.2, 0.25) is 0 Å². The van der Waals surface area contributed by atoms with Crippen LogP contribution >= 0.6 is 11.8 Å². The molecule has 1 fully saturated rings. The van der Waals surface area contributed by atoms with Crippen LogP contribution in [0.15, 0.2) is 47.6 Å². The van der Waals surface area contributed by atoms with Gasteiger partial charge in [-0.05, 0) is 48.7 Å². The third-order valence-electron chi connectivity index (χ3n) is 4.51. The summed E-state index contributed by atoms with van der Waals surface area (Å²) in [6, 6.07) is 10.3. The number of ether oxygens (including phenoxy) is 2. The summed E-state index contributed by atoms with van der Waals surface area (Å²) in [4.78, 5) is 19.9. The number of hydrogen-bond donors (Lipinski definition) is 0. The number of rotatable bonds is 7. The van der Waals surface area contributed by atoms with Gasteiger partial charge in [-0.2, -0.15) is 0 Å². The molecule has 1 saturated carbocycles. The van der Waals surface area contributed by atoms with Gasteiger partial charge in [0.1, 0.15) is 13.2 Å². The molecular weight excluding hydrogens is 348 g/mol. The molecule has 0 atom stereocenters. The summed E-state index contributed by atoms with van der Waals surface area (Å²) < 4.78 is 11.2. The highest BCUT2D eigenvalue weighted by Crippen LogP contribution is 2.34. The molecule has 136 valence electrons. The third-order valence-corrected chi connectivity index (χ3v) is 5.50. The molecule has 0 unspecified atom stereocenters. The van der Waals surface area contributed by atoms with Gasteiger partial charge in [0.2, 0.25) is 5.91 Å². The molecular formula is C20H22N2O3S. The molecule has 1 aliphatic carbocycles. The van der Waals surface area contributed by atoms with Crippen molar-refractivity contribution in [1.29, 1.82) is 0 Å². The maximum absolute atomic E-state index is 12.7. The van der Waals surface area contributed by atoms with Crippen LogP contribution < -0.4 is 9.47 Å². The second-order valence-corrected chi connectivity index (χ2v) is 7.68. The Bertz CT molecular complexity index is 765. The first-order valence-corrected chi connectivity index (χ1v) is 9.99. The first kappa shape index (κ1) is 17.2. The van der Waals surface area contributed by atoms with Gasteiger partial charge >= 0.3 is 0 Å². The van der Waals surface area contributed by atoms with E-state index in [4.69, 9.17) is 9.47 Å². The number of aromatic nitrogens is 1. The molecule has 1 aliphatic heterocycles. The molecule has 6 heteroatoms. The number of hydrogen-bond acceptors (Lipinski definition) is 5. The predicted molar refractivity (Wildman–Crippen MR) is 101 cm³/mol. The van der Waals surface area contributed by atoms with E-state index in [1.165, 1.54) is 0 Å². The highest BCUT2D eigenvalue weighted by atomic mass is 32.2. The molecule has 2 aliphatic rings. The van der Waals surface area contributed by atoms with Gasteiger partial charge in [-0.3, -0.25) is 9.78 Å². The van der Waals surface area contributed by atoms with Crippen molar-refractivity contribution in [2.75, 3.05) is 19.0 Å². The summed E-state index contributed by atoms with van der Waals surface area (Å²) in [6.07, 6.45) is 6.34. The van der Waals surface area contributed by atoms with E-state index in [2.05, 4.69) is 4.98 Å². The zero-order valence-electron chi connectivity index (χ0n) is 14.6. The Hall–Kier alpha value is -2.21. The van der Waals surface area contributed by atoms with Crippen molar-refractivity contribution >= 4 is 17.7 Å². The first-order chi connectivity index (χ1) is 12.8. The molecule has 1 amide bonds. The van der Waals surface area contributed by atoms with E-state index >= 15 is 0 Å². The van der Waals surface area contributed by atoms with Gasteiger partial charge in [-0.25, -0.2) is 0 Å². The van der Waals surface area contributed by atoms with Crippen LogP contribution in [-0.4, -0.2) is 40.8 Å². The van der Waals surface area contributed by atoms with E-state index in [9.17, 15) is 4.79 Å². The molecule has 0 N–H and O–H groups in total. The quantitative estimate of drug-likeness (QED) is 0.698. The molecule has 0 saturated heterocycles. The largest absolute Gasteiger partial charge is 0.486 e. The molecule has 0 bridgehead atoms. The molecule has 0 spiro atoms. The number of pyridine rings is 1.